The molecule has 2 rings (SSSR count). The van der Waals surface area contributed by atoms with Gasteiger partial charge in [-0.05, 0) is 43.3 Å². The van der Waals surface area contributed by atoms with Gasteiger partial charge >= 0.3 is 0 Å². The van der Waals surface area contributed by atoms with E-state index in [-0.39, 0.29) is 0 Å². The van der Waals surface area contributed by atoms with Crippen LogP contribution >= 0.6 is 11.3 Å². The lowest BCUT2D eigenvalue weighted by Gasteiger charge is -2.18. The van der Waals surface area contributed by atoms with Gasteiger partial charge in [0.2, 0.25) is 10.0 Å². The first-order valence-corrected chi connectivity index (χ1v) is 9.43. The normalized spacial score (nSPS) is 12.4. The van der Waals surface area contributed by atoms with Gasteiger partial charge in [-0.1, -0.05) is 13.8 Å². The second-order valence-electron chi connectivity index (χ2n) is 4.79. The van der Waals surface area contributed by atoms with E-state index in [4.69, 9.17) is 0 Å². The Morgan fingerprint density at radius 3 is 2.23 bits per heavy atom. The zero-order chi connectivity index (χ0) is 16.2. The number of hydrogen-bond acceptors (Lipinski definition) is 4. The molecule has 0 spiro atoms. The summed E-state index contributed by atoms with van der Waals surface area (Å²) in [6.07, 6.45) is 1.80. The molecule has 118 valence electrons. The molecule has 0 aliphatic rings. The van der Waals surface area contributed by atoms with Crippen molar-refractivity contribution in [2.24, 2.45) is 4.99 Å². The van der Waals surface area contributed by atoms with E-state index >= 15 is 0 Å². The van der Waals surface area contributed by atoms with Crippen molar-refractivity contribution in [3.63, 3.8) is 0 Å². The first-order chi connectivity index (χ1) is 10.5. The molecule has 0 radical (unpaired) electrons. The van der Waals surface area contributed by atoms with E-state index in [1.165, 1.54) is 9.18 Å². The third-order valence-electron chi connectivity index (χ3n) is 3.28. The summed E-state index contributed by atoms with van der Waals surface area (Å²) < 4.78 is 26.2. The van der Waals surface area contributed by atoms with Crippen molar-refractivity contribution >= 4 is 33.3 Å². The maximum atomic E-state index is 12.4. The molecule has 0 amide bonds. The van der Waals surface area contributed by atoms with Crippen molar-refractivity contribution in [1.29, 1.82) is 0 Å². The van der Waals surface area contributed by atoms with E-state index in [1.54, 1.807) is 41.8 Å². The second kappa shape index (κ2) is 7.17. The quantitative estimate of drug-likeness (QED) is 0.753. The van der Waals surface area contributed by atoms with E-state index in [1.807, 2.05) is 26.0 Å². The van der Waals surface area contributed by atoms with Crippen LogP contribution in [0.3, 0.4) is 0 Å². The fourth-order valence-electron chi connectivity index (χ4n) is 2.08. The van der Waals surface area contributed by atoms with Gasteiger partial charge in [0.15, 0.2) is 0 Å². The minimum Gasteiger partial charge on any atom is -0.255 e. The van der Waals surface area contributed by atoms with Crippen molar-refractivity contribution in [3.05, 3.63) is 46.2 Å². The molecular weight excluding hydrogens is 316 g/mol. The summed E-state index contributed by atoms with van der Waals surface area (Å²) in [6.45, 7) is 6.66. The second-order valence-corrected chi connectivity index (χ2v) is 8.05. The third-order valence-corrected chi connectivity index (χ3v) is 6.28. The van der Waals surface area contributed by atoms with Gasteiger partial charge in [-0.3, -0.25) is 4.99 Å². The van der Waals surface area contributed by atoms with E-state index in [2.05, 4.69) is 11.9 Å². The maximum Gasteiger partial charge on any atom is 0.243 e. The number of nitrogens with zero attached hydrogens (tertiary/aromatic N) is 2. The fourth-order valence-corrected chi connectivity index (χ4v) is 4.29. The fraction of sp³-hybridized carbons (Fsp3) is 0.312. The first-order valence-electron chi connectivity index (χ1n) is 7.18. The van der Waals surface area contributed by atoms with Crippen LogP contribution in [0.5, 0.6) is 0 Å². The SMILES string of the molecule is CCN(CC)S(=O)(=O)c1ccc(N=Cc2ccc(C)s2)cc1. The number of aliphatic imine (C=N–C) groups is 1. The Bertz CT molecular complexity index is 743. The molecule has 2 aromatic rings. The van der Waals surface area contributed by atoms with E-state index < -0.39 is 10.0 Å². The molecule has 4 nitrogen and oxygen atoms in total. The zero-order valence-electron chi connectivity index (χ0n) is 13.0. The van der Waals surface area contributed by atoms with Gasteiger partial charge in [0, 0.05) is 29.1 Å². The third kappa shape index (κ3) is 3.82. The van der Waals surface area contributed by atoms with E-state index in [0.717, 1.165) is 10.6 Å². The van der Waals surface area contributed by atoms with Crippen molar-refractivity contribution in [2.75, 3.05) is 13.1 Å². The minimum absolute atomic E-state index is 0.308. The number of hydrogen-bond donors (Lipinski definition) is 0. The van der Waals surface area contributed by atoms with Crippen molar-refractivity contribution in [3.8, 4) is 0 Å². The van der Waals surface area contributed by atoms with Gasteiger partial charge in [-0.2, -0.15) is 4.31 Å². The molecular formula is C16H20N2O2S2. The Morgan fingerprint density at radius 2 is 1.73 bits per heavy atom. The van der Waals surface area contributed by atoms with Gasteiger partial charge in [-0.25, -0.2) is 8.42 Å². The molecule has 0 unspecified atom stereocenters. The monoisotopic (exact) mass is 336 g/mol. The number of sulfonamides is 1. The Balaban J connectivity index is 2.18. The predicted molar refractivity (Wildman–Crippen MR) is 92.9 cm³/mol. The van der Waals surface area contributed by atoms with Crippen LogP contribution in [0, 0.1) is 6.92 Å². The summed E-state index contributed by atoms with van der Waals surface area (Å²) >= 11 is 1.67. The Morgan fingerprint density at radius 1 is 1.09 bits per heavy atom. The van der Waals surface area contributed by atoms with E-state index in [0.29, 0.717) is 18.0 Å². The summed E-state index contributed by atoms with van der Waals surface area (Å²) in [6, 6.07) is 10.7. The Hall–Kier alpha value is -1.50. The highest BCUT2D eigenvalue weighted by Gasteiger charge is 2.20. The predicted octanol–water partition coefficient (Wildman–Crippen LogP) is 3.84. The molecule has 0 atom stereocenters. The van der Waals surface area contributed by atoms with Crippen LogP contribution in [-0.4, -0.2) is 32.0 Å². The van der Waals surface area contributed by atoms with Crippen LogP contribution in [-0.2, 0) is 10.0 Å². The summed E-state index contributed by atoms with van der Waals surface area (Å²) in [5.74, 6) is 0. The van der Waals surface area contributed by atoms with E-state index in [9.17, 15) is 8.42 Å². The Labute approximate surface area is 136 Å². The first kappa shape index (κ1) is 16.9. The van der Waals surface area contributed by atoms with Gasteiger partial charge in [0.25, 0.3) is 0 Å². The highest BCUT2D eigenvalue weighted by atomic mass is 32.2. The van der Waals surface area contributed by atoms with Crippen LogP contribution in [0.4, 0.5) is 5.69 Å². The molecule has 0 bridgehead atoms. The van der Waals surface area contributed by atoms with Gasteiger partial charge in [0.1, 0.15) is 0 Å². The average Bonchev–Trinajstić information content (AvgIpc) is 2.92. The van der Waals surface area contributed by atoms with Crippen molar-refractivity contribution in [2.45, 2.75) is 25.7 Å². The molecule has 0 aliphatic heterocycles. The maximum absolute atomic E-state index is 12.4. The Kier molecular flexibility index (Phi) is 5.50. The molecule has 1 aromatic heterocycles. The lowest BCUT2D eigenvalue weighted by atomic mass is 10.3. The minimum atomic E-state index is -3.40. The number of rotatable bonds is 6. The summed E-state index contributed by atoms with van der Waals surface area (Å²) in [5, 5.41) is 0. The van der Waals surface area contributed by atoms with Crippen LogP contribution in [0.15, 0.2) is 46.3 Å². The summed E-state index contributed by atoms with van der Waals surface area (Å²) in [5.41, 5.74) is 0.740. The smallest absolute Gasteiger partial charge is 0.243 e. The molecule has 0 saturated carbocycles. The molecule has 6 heteroatoms. The number of aryl methyl sites for hydroxylation is 1. The summed E-state index contributed by atoms with van der Waals surface area (Å²) in [4.78, 5) is 7.00. The van der Waals surface area contributed by atoms with Gasteiger partial charge in [0.05, 0.1) is 10.6 Å². The lowest BCUT2D eigenvalue weighted by molar-refractivity contribution is 0.445. The molecule has 1 heterocycles. The number of benzene rings is 1. The molecule has 22 heavy (non-hydrogen) atoms. The zero-order valence-corrected chi connectivity index (χ0v) is 14.6. The molecule has 1 aromatic carbocycles. The molecule has 0 saturated heterocycles. The highest BCUT2D eigenvalue weighted by molar-refractivity contribution is 7.89. The van der Waals surface area contributed by atoms with Crippen LogP contribution in [0.1, 0.15) is 23.6 Å². The van der Waals surface area contributed by atoms with Crippen molar-refractivity contribution < 1.29 is 8.42 Å². The van der Waals surface area contributed by atoms with Crippen molar-refractivity contribution in [1.82, 2.24) is 4.31 Å². The lowest BCUT2D eigenvalue weighted by Crippen LogP contribution is -2.30. The average molecular weight is 336 g/mol. The standard InChI is InChI=1S/C16H20N2O2S2/c1-4-18(5-2)22(19,20)16-10-7-14(8-11-16)17-12-15-9-6-13(3)21-15/h6-12H,4-5H2,1-3H3. The number of thiophene rings is 1. The largest absolute Gasteiger partial charge is 0.255 e. The molecule has 0 N–H and O–H groups in total. The molecule has 0 aliphatic carbocycles. The van der Waals surface area contributed by atoms with Gasteiger partial charge < -0.3 is 0 Å². The molecule has 0 fully saturated rings. The van der Waals surface area contributed by atoms with Crippen LogP contribution < -0.4 is 0 Å². The topological polar surface area (TPSA) is 49.7 Å². The summed E-state index contributed by atoms with van der Waals surface area (Å²) in [7, 11) is -3.40. The highest BCUT2D eigenvalue weighted by Crippen LogP contribution is 2.20. The van der Waals surface area contributed by atoms with Crippen LogP contribution in [0.2, 0.25) is 0 Å². The van der Waals surface area contributed by atoms with Gasteiger partial charge in [-0.15, -0.1) is 11.3 Å². The van der Waals surface area contributed by atoms with Crippen LogP contribution in [0.25, 0.3) is 0 Å².